The first-order chi connectivity index (χ1) is 12.5. The molecule has 1 aromatic carbocycles. The standard InChI is InChI=1S/C14H15N5O7S/c1-8(16)10(5-15)13(20)7-26-14(21)6-18-27(24,25)9-2-3-11(17)12(4-9)19(22)23/h2-4,18H,6-7,16-17H2,1H3/b10-8-. The van der Waals surface area contributed by atoms with Gasteiger partial charge in [0, 0.05) is 11.8 Å². The van der Waals surface area contributed by atoms with E-state index in [4.69, 9.17) is 16.7 Å². The van der Waals surface area contributed by atoms with Gasteiger partial charge < -0.3 is 16.2 Å². The summed E-state index contributed by atoms with van der Waals surface area (Å²) in [5.41, 5.74) is 9.44. The Morgan fingerprint density at radius 1 is 1.41 bits per heavy atom. The first-order valence-corrected chi connectivity index (χ1v) is 8.56. The molecule has 1 rings (SSSR count). The van der Waals surface area contributed by atoms with Crippen molar-refractivity contribution in [2.24, 2.45) is 5.73 Å². The molecule has 0 saturated heterocycles. The molecule has 12 nitrogen and oxygen atoms in total. The van der Waals surface area contributed by atoms with Gasteiger partial charge in [0.25, 0.3) is 5.69 Å². The molecule has 0 unspecified atom stereocenters. The third-order valence-corrected chi connectivity index (χ3v) is 4.46. The number of nitro groups is 1. The highest BCUT2D eigenvalue weighted by molar-refractivity contribution is 7.89. The largest absolute Gasteiger partial charge is 0.456 e. The lowest BCUT2D eigenvalue weighted by atomic mass is 10.1. The molecule has 0 heterocycles. The van der Waals surface area contributed by atoms with Crippen molar-refractivity contribution < 1.29 is 27.7 Å². The lowest BCUT2D eigenvalue weighted by molar-refractivity contribution is -0.384. The Hall–Kier alpha value is -3.50. The molecule has 5 N–H and O–H groups in total. The number of hydrogen-bond donors (Lipinski definition) is 3. The van der Waals surface area contributed by atoms with E-state index in [1.807, 2.05) is 4.72 Å². The van der Waals surface area contributed by atoms with E-state index in [1.54, 1.807) is 6.07 Å². The molecule has 0 radical (unpaired) electrons. The number of anilines is 1. The molecular formula is C14H15N5O7S. The lowest BCUT2D eigenvalue weighted by Gasteiger charge is -2.08. The van der Waals surface area contributed by atoms with E-state index in [0.717, 1.165) is 18.2 Å². The highest BCUT2D eigenvalue weighted by Crippen LogP contribution is 2.24. The fourth-order valence-corrected chi connectivity index (χ4v) is 2.71. The van der Waals surface area contributed by atoms with E-state index in [1.165, 1.54) is 6.92 Å². The summed E-state index contributed by atoms with van der Waals surface area (Å²) in [4.78, 5) is 32.7. The Balaban J connectivity index is 2.75. The molecular weight excluding hydrogens is 382 g/mol. The molecule has 0 saturated carbocycles. The number of hydrogen-bond acceptors (Lipinski definition) is 10. The van der Waals surface area contributed by atoms with Gasteiger partial charge in [-0.15, -0.1) is 0 Å². The van der Waals surface area contributed by atoms with Gasteiger partial charge in [-0.25, -0.2) is 8.42 Å². The summed E-state index contributed by atoms with van der Waals surface area (Å²) >= 11 is 0. The van der Waals surface area contributed by atoms with Crippen molar-refractivity contribution in [3.63, 3.8) is 0 Å². The predicted octanol–water partition coefficient (Wildman–Crippen LogP) is -0.676. The molecule has 0 aromatic heterocycles. The van der Waals surface area contributed by atoms with Gasteiger partial charge in [-0.1, -0.05) is 0 Å². The zero-order valence-electron chi connectivity index (χ0n) is 14.0. The van der Waals surface area contributed by atoms with E-state index < -0.39 is 50.4 Å². The van der Waals surface area contributed by atoms with Crippen molar-refractivity contribution in [3.8, 4) is 6.07 Å². The van der Waals surface area contributed by atoms with Crippen LogP contribution in [0.25, 0.3) is 0 Å². The highest BCUT2D eigenvalue weighted by Gasteiger charge is 2.22. The Labute approximate surface area is 153 Å². The topological polar surface area (TPSA) is 209 Å². The normalized spacial score (nSPS) is 11.9. The molecule has 0 aliphatic rings. The zero-order chi connectivity index (χ0) is 20.8. The Bertz CT molecular complexity index is 959. The van der Waals surface area contributed by atoms with Crippen molar-refractivity contribution in [1.82, 2.24) is 4.72 Å². The molecule has 0 spiro atoms. The molecule has 13 heteroatoms. The number of benzene rings is 1. The number of rotatable bonds is 8. The first-order valence-electron chi connectivity index (χ1n) is 7.08. The fourth-order valence-electron chi connectivity index (χ4n) is 1.73. The van der Waals surface area contributed by atoms with Crippen molar-refractivity contribution in [1.29, 1.82) is 5.26 Å². The van der Waals surface area contributed by atoms with E-state index >= 15 is 0 Å². The number of nitro benzene ring substituents is 1. The monoisotopic (exact) mass is 397 g/mol. The molecule has 0 aliphatic carbocycles. The number of esters is 1. The number of nitrogens with one attached hydrogen (secondary N) is 1. The molecule has 144 valence electrons. The number of ketones is 1. The van der Waals surface area contributed by atoms with Crippen LogP contribution in [0.2, 0.25) is 0 Å². The summed E-state index contributed by atoms with van der Waals surface area (Å²) in [5.74, 6) is -1.95. The Kier molecular flexibility index (Phi) is 6.97. The van der Waals surface area contributed by atoms with Crippen molar-refractivity contribution in [3.05, 3.63) is 39.6 Å². The summed E-state index contributed by atoms with van der Waals surface area (Å²) in [7, 11) is -4.28. The van der Waals surface area contributed by atoms with Crippen LogP contribution >= 0.6 is 0 Å². The molecule has 0 amide bonds. The maximum atomic E-state index is 12.1. The van der Waals surface area contributed by atoms with Gasteiger partial charge >= 0.3 is 5.97 Å². The highest BCUT2D eigenvalue weighted by atomic mass is 32.2. The van der Waals surface area contributed by atoms with Crippen LogP contribution in [0.5, 0.6) is 0 Å². The summed E-state index contributed by atoms with van der Waals surface area (Å²) in [6.07, 6.45) is 0. The average Bonchev–Trinajstić information content (AvgIpc) is 2.58. The van der Waals surface area contributed by atoms with E-state index in [9.17, 15) is 28.1 Å². The van der Waals surface area contributed by atoms with E-state index in [-0.39, 0.29) is 17.0 Å². The minimum Gasteiger partial charge on any atom is -0.456 e. The fraction of sp³-hybridized carbons (Fsp3) is 0.214. The molecule has 0 atom stereocenters. The van der Waals surface area contributed by atoms with Gasteiger partial charge in [-0.2, -0.15) is 9.98 Å². The summed E-state index contributed by atoms with van der Waals surface area (Å²) in [5, 5.41) is 19.6. The van der Waals surface area contributed by atoms with Crippen LogP contribution in [0.15, 0.2) is 34.4 Å². The van der Waals surface area contributed by atoms with Gasteiger partial charge in [0.15, 0.2) is 6.61 Å². The van der Waals surface area contributed by atoms with Crippen LogP contribution in [0.1, 0.15) is 6.92 Å². The molecule has 1 aromatic rings. The lowest BCUT2D eigenvalue weighted by Crippen LogP contribution is -2.31. The number of Topliss-reactive ketones (excluding diaryl/α,β-unsaturated/α-hetero) is 1. The van der Waals surface area contributed by atoms with Gasteiger partial charge in [0.05, 0.1) is 9.82 Å². The third-order valence-electron chi connectivity index (χ3n) is 3.06. The second-order valence-corrected chi connectivity index (χ2v) is 6.82. The van der Waals surface area contributed by atoms with E-state index in [2.05, 4.69) is 4.74 Å². The number of allylic oxidation sites excluding steroid dienone is 1. The number of carbonyl (C=O) groups excluding carboxylic acids is 2. The molecule has 0 bridgehead atoms. The van der Waals surface area contributed by atoms with Crippen LogP contribution in [-0.4, -0.2) is 38.2 Å². The van der Waals surface area contributed by atoms with Crippen LogP contribution in [0, 0.1) is 21.4 Å². The molecule has 27 heavy (non-hydrogen) atoms. The Morgan fingerprint density at radius 3 is 2.56 bits per heavy atom. The van der Waals surface area contributed by atoms with Crippen LogP contribution in [-0.2, 0) is 24.3 Å². The van der Waals surface area contributed by atoms with E-state index in [0.29, 0.717) is 0 Å². The average molecular weight is 397 g/mol. The summed E-state index contributed by atoms with van der Waals surface area (Å²) < 4.78 is 30.6. The van der Waals surface area contributed by atoms with Crippen molar-refractivity contribution >= 4 is 33.2 Å². The third kappa shape index (κ3) is 5.76. The maximum Gasteiger partial charge on any atom is 0.321 e. The number of nitrogen functional groups attached to an aromatic ring is 1. The number of nitriles is 1. The SMILES string of the molecule is C/C(N)=C(\C#N)C(=O)COC(=O)CNS(=O)(=O)c1ccc(N)c([N+](=O)[O-])c1. The maximum absolute atomic E-state index is 12.1. The van der Waals surface area contributed by atoms with Gasteiger partial charge in [0.1, 0.15) is 23.9 Å². The van der Waals surface area contributed by atoms with Gasteiger partial charge in [-0.3, -0.25) is 19.7 Å². The quantitative estimate of drug-likeness (QED) is 0.126. The summed E-state index contributed by atoms with van der Waals surface area (Å²) in [6, 6.07) is 4.35. The predicted molar refractivity (Wildman–Crippen MR) is 91.2 cm³/mol. The number of carbonyl (C=O) groups is 2. The van der Waals surface area contributed by atoms with Gasteiger partial charge in [-0.05, 0) is 19.1 Å². The molecule has 0 aliphatic heterocycles. The zero-order valence-corrected chi connectivity index (χ0v) is 14.8. The van der Waals surface area contributed by atoms with Crippen LogP contribution in [0.3, 0.4) is 0 Å². The van der Waals surface area contributed by atoms with Crippen LogP contribution in [0.4, 0.5) is 11.4 Å². The second kappa shape index (κ2) is 8.74. The van der Waals surface area contributed by atoms with Crippen LogP contribution < -0.4 is 16.2 Å². The number of ether oxygens (including phenoxy) is 1. The van der Waals surface area contributed by atoms with Gasteiger partial charge in [0.2, 0.25) is 15.8 Å². The first kappa shape index (κ1) is 21.5. The molecule has 0 fully saturated rings. The number of nitrogens with zero attached hydrogens (tertiary/aromatic N) is 2. The smallest absolute Gasteiger partial charge is 0.321 e. The number of sulfonamides is 1. The minimum absolute atomic E-state index is 0.0517. The minimum atomic E-state index is -4.28. The van der Waals surface area contributed by atoms with Crippen molar-refractivity contribution in [2.45, 2.75) is 11.8 Å². The second-order valence-electron chi connectivity index (χ2n) is 5.06. The number of nitrogens with two attached hydrogens (primary N) is 2. The Morgan fingerprint density at radius 2 is 2.04 bits per heavy atom. The summed E-state index contributed by atoms with van der Waals surface area (Å²) in [6.45, 7) is -0.329. The van der Waals surface area contributed by atoms with Crippen molar-refractivity contribution in [2.75, 3.05) is 18.9 Å².